The van der Waals surface area contributed by atoms with E-state index < -0.39 is 0 Å². The van der Waals surface area contributed by atoms with E-state index in [9.17, 15) is 9.59 Å². The lowest BCUT2D eigenvalue weighted by Gasteiger charge is -2.13. The molecule has 21 heavy (non-hydrogen) atoms. The number of halogens is 1. The van der Waals surface area contributed by atoms with Crippen molar-refractivity contribution in [2.45, 2.75) is 25.8 Å². The number of H-pyrrole nitrogens is 1. The quantitative estimate of drug-likeness (QED) is 0.872. The molecule has 1 unspecified atom stereocenters. The second-order valence-electron chi connectivity index (χ2n) is 4.98. The van der Waals surface area contributed by atoms with Crippen LogP contribution in [0.3, 0.4) is 0 Å². The van der Waals surface area contributed by atoms with Crippen molar-refractivity contribution < 1.29 is 4.79 Å². The molecular weight excluding hydrogens is 332 g/mol. The summed E-state index contributed by atoms with van der Waals surface area (Å²) in [5.41, 5.74) is 1.49. The van der Waals surface area contributed by atoms with Gasteiger partial charge in [-0.3, -0.25) is 9.59 Å². The van der Waals surface area contributed by atoms with Crippen LogP contribution in [0.15, 0.2) is 51.9 Å². The van der Waals surface area contributed by atoms with Crippen molar-refractivity contribution >= 4 is 21.8 Å². The Bertz CT molecular complexity index is 644. The molecule has 1 aromatic heterocycles. The first-order valence-electron chi connectivity index (χ1n) is 6.78. The van der Waals surface area contributed by atoms with E-state index in [2.05, 4.69) is 38.4 Å². The molecular formula is C16H17BrN2O2. The Balaban J connectivity index is 1.85. The average molecular weight is 349 g/mol. The van der Waals surface area contributed by atoms with Crippen LogP contribution in [0, 0.1) is 0 Å². The number of aromatic nitrogens is 1. The first-order chi connectivity index (χ1) is 10.0. The number of hydrogen-bond donors (Lipinski definition) is 2. The molecule has 1 amide bonds. The maximum Gasteiger partial charge on any atom is 0.252 e. The van der Waals surface area contributed by atoms with Gasteiger partial charge in [0.15, 0.2) is 0 Å². The first-order valence-corrected chi connectivity index (χ1v) is 7.58. The number of nitrogens with one attached hydrogen (secondary N) is 2. The molecule has 1 atom stereocenters. The fourth-order valence-corrected chi connectivity index (χ4v) is 2.23. The molecule has 110 valence electrons. The predicted molar refractivity (Wildman–Crippen MR) is 86.5 cm³/mol. The van der Waals surface area contributed by atoms with Crippen LogP contribution < -0.4 is 10.9 Å². The normalized spacial score (nSPS) is 11.9. The van der Waals surface area contributed by atoms with E-state index in [0.29, 0.717) is 5.56 Å². The van der Waals surface area contributed by atoms with Crippen LogP contribution >= 0.6 is 15.9 Å². The van der Waals surface area contributed by atoms with Gasteiger partial charge in [-0.1, -0.05) is 28.1 Å². The van der Waals surface area contributed by atoms with E-state index in [1.807, 2.05) is 19.1 Å². The van der Waals surface area contributed by atoms with Gasteiger partial charge in [0.25, 0.3) is 5.91 Å². The lowest BCUT2D eigenvalue weighted by molar-refractivity contribution is 0.0938. The number of aryl methyl sites for hydroxylation is 1. The van der Waals surface area contributed by atoms with Crippen LogP contribution in [0.25, 0.3) is 0 Å². The number of carbonyl (C=O) groups is 1. The number of amides is 1. The number of pyridine rings is 1. The van der Waals surface area contributed by atoms with E-state index in [1.165, 1.54) is 23.9 Å². The van der Waals surface area contributed by atoms with Crippen molar-refractivity contribution in [3.8, 4) is 0 Å². The molecule has 0 spiro atoms. The summed E-state index contributed by atoms with van der Waals surface area (Å²) in [5.74, 6) is -0.172. The Morgan fingerprint density at radius 1 is 1.24 bits per heavy atom. The molecule has 2 aromatic rings. The van der Waals surface area contributed by atoms with Gasteiger partial charge in [0.1, 0.15) is 0 Å². The van der Waals surface area contributed by atoms with Gasteiger partial charge in [-0.25, -0.2) is 0 Å². The molecule has 0 saturated carbocycles. The van der Waals surface area contributed by atoms with E-state index in [0.717, 1.165) is 17.3 Å². The van der Waals surface area contributed by atoms with E-state index in [1.54, 1.807) is 0 Å². The zero-order chi connectivity index (χ0) is 15.2. The number of rotatable bonds is 5. The molecule has 0 fully saturated rings. The first kappa shape index (κ1) is 15.5. The molecule has 0 saturated heterocycles. The highest BCUT2D eigenvalue weighted by Crippen LogP contribution is 2.12. The Hall–Kier alpha value is -1.88. The highest BCUT2D eigenvalue weighted by atomic mass is 79.9. The van der Waals surface area contributed by atoms with Gasteiger partial charge in [0.2, 0.25) is 5.56 Å². The van der Waals surface area contributed by atoms with Gasteiger partial charge in [0.05, 0.1) is 5.56 Å². The third-order valence-corrected chi connectivity index (χ3v) is 3.73. The fraction of sp³-hybridized carbons (Fsp3) is 0.250. The van der Waals surface area contributed by atoms with Gasteiger partial charge < -0.3 is 10.3 Å². The van der Waals surface area contributed by atoms with Gasteiger partial charge in [0, 0.05) is 22.8 Å². The molecule has 0 radical (unpaired) electrons. The third kappa shape index (κ3) is 4.86. The van der Waals surface area contributed by atoms with Crippen molar-refractivity contribution in [3.63, 3.8) is 0 Å². The molecule has 0 aliphatic rings. The van der Waals surface area contributed by atoms with Crippen LogP contribution in [0.2, 0.25) is 0 Å². The summed E-state index contributed by atoms with van der Waals surface area (Å²) in [6.45, 7) is 1.97. The van der Waals surface area contributed by atoms with Crippen LogP contribution in [-0.2, 0) is 6.42 Å². The third-order valence-electron chi connectivity index (χ3n) is 3.20. The monoisotopic (exact) mass is 348 g/mol. The number of carbonyl (C=O) groups excluding carboxylic acids is 1. The summed E-state index contributed by atoms with van der Waals surface area (Å²) in [6.07, 6.45) is 3.19. The van der Waals surface area contributed by atoms with Crippen molar-refractivity contribution in [1.29, 1.82) is 0 Å². The van der Waals surface area contributed by atoms with Crippen molar-refractivity contribution in [2.75, 3.05) is 0 Å². The Labute approximate surface area is 131 Å². The van der Waals surface area contributed by atoms with Gasteiger partial charge in [-0.05, 0) is 43.5 Å². The van der Waals surface area contributed by atoms with Gasteiger partial charge >= 0.3 is 0 Å². The van der Waals surface area contributed by atoms with E-state index in [-0.39, 0.29) is 17.5 Å². The molecule has 1 heterocycles. The van der Waals surface area contributed by atoms with E-state index >= 15 is 0 Å². The van der Waals surface area contributed by atoms with Crippen molar-refractivity contribution in [2.24, 2.45) is 0 Å². The highest BCUT2D eigenvalue weighted by molar-refractivity contribution is 9.10. The van der Waals surface area contributed by atoms with Crippen LogP contribution in [0.4, 0.5) is 0 Å². The fourth-order valence-electron chi connectivity index (χ4n) is 1.97. The molecule has 0 bridgehead atoms. The van der Waals surface area contributed by atoms with Crippen LogP contribution in [0.1, 0.15) is 29.3 Å². The molecule has 5 heteroatoms. The van der Waals surface area contributed by atoms with Crippen LogP contribution in [-0.4, -0.2) is 16.9 Å². The standard InChI is InChI=1S/C16H17BrN2O2/c1-11(2-3-12-4-7-14(17)8-5-12)19-16(21)13-6-9-15(20)18-10-13/h4-11H,2-3H2,1H3,(H,18,20)(H,19,21). The van der Waals surface area contributed by atoms with Crippen LogP contribution in [0.5, 0.6) is 0 Å². The summed E-state index contributed by atoms with van der Waals surface area (Å²) < 4.78 is 1.06. The maximum absolute atomic E-state index is 12.0. The average Bonchev–Trinajstić information content (AvgIpc) is 2.47. The minimum Gasteiger partial charge on any atom is -0.350 e. The number of benzene rings is 1. The number of aromatic amines is 1. The lowest BCUT2D eigenvalue weighted by Crippen LogP contribution is -2.33. The summed E-state index contributed by atoms with van der Waals surface area (Å²) in [4.78, 5) is 25.4. The Kier molecular flexibility index (Phi) is 5.33. The number of hydrogen-bond acceptors (Lipinski definition) is 2. The summed E-state index contributed by atoms with van der Waals surface area (Å²) >= 11 is 3.41. The van der Waals surface area contributed by atoms with Gasteiger partial charge in [-0.15, -0.1) is 0 Å². The van der Waals surface area contributed by atoms with E-state index in [4.69, 9.17) is 0 Å². The minimum absolute atomic E-state index is 0.0630. The predicted octanol–water partition coefficient (Wildman–Crippen LogP) is 2.89. The molecule has 0 aliphatic heterocycles. The maximum atomic E-state index is 12.0. The Morgan fingerprint density at radius 2 is 1.95 bits per heavy atom. The largest absolute Gasteiger partial charge is 0.350 e. The molecule has 0 aliphatic carbocycles. The molecule has 4 nitrogen and oxygen atoms in total. The summed E-state index contributed by atoms with van der Waals surface area (Å²) in [7, 11) is 0. The highest BCUT2D eigenvalue weighted by Gasteiger charge is 2.09. The zero-order valence-electron chi connectivity index (χ0n) is 11.7. The SMILES string of the molecule is CC(CCc1ccc(Br)cc1)NC(=O)c1ccc(=O)[nH]c1. The zero-order valence-corrected chi connectivity index (χ0v) is 13.3. The summed E-state index contributed by atoms with van der Waals surface area (Å²) in [6, 6.07) is 11.1. The second kappa shape index (κ2) is 7.22. The van der Waals surface area contributed by atoms with Gasteiger partial charge in [-0.2, -0.15) is 0 Å². The molecule has 2 N–H and O–H groups in total. The Morgan fingerprint density at radius 3 is 2.57 bits per heavy atom. The molecule has 1 aromatic carbocycles. The summed E-state index contributed by atoms with van der Waals surface area (Å²) in [5, 5.41) is 2.93. The molecule has 2 rings (SSSR count). The second-order valence-corrected chi connectivity index (χ2v) is 5.90. The van der Waals surface area contributed by atoms with Crippen molar-refractivity contribution in [1.82, 2.24) is 10.3 Å². The smallest absolute Gasteiger partial charge is 0.252 e. The topological polar surface area (TPSA) is 62.0 Å². The lowest BCUT2D eigenvalue weighted by atomic mass is 10.1. The minimum atomic E-state index is -0.213. The van der Waals surface area contributed by atoms with Crippen molar-refractivity contribution in [3.05, 3.63) is 68.5 Å².